The Labute approximate surface area is 170 Å². The molecule has 1 heterocycles. The number of carbonyl (C=O) groups is 2. The number of alkyl halides is 4. The Bertz CT molecular complexity index is 843. The summed E-state index contributed by atoms with van der Waals surface area (Å²) in [5.41, 5.74) is -6.49. The normalized spacial score (nSPS) is 32.3. The minimum Gasteiger partial charge on any atom is -0.481 e. The first-order chi connectivity index (χ1) is 13.7. The van der Waals surface area contributed by atoms with E-state index in [0.29, 0.717) is 0 Å². The van der Waals surface area contributed by atoms with Gasteiger partial charge in [0.25, 0.3) is 0 Å². The molecular weight excluding hydrogens is 413 g/mol. The standard InChI is InChI=1S/C20H24F5NO4/c1-9(2)19(17(29)30)10(3)26-14(8-21)18(4,16(27)28)15(19)12-6-5-11(22)7-13(12)20(23,24)25/h5-7,9-10,14-15,26H,8H2,1-4H3,(H,27,28)(H,29,30). The van der Waals surface area contributed by atoms with Gasteiger partial charge in [-0.3, -0.25) is 9.59 Å². The van der Waals surface area contributed by atoms with Crippen LogP contribution in [0.2, 0.25) is 0 Å². The molecule has 0 spiro atoms. The van der Waals surface area contributed by atoms with Crippen LogP contribution in [0.5, 0.6) is 0 Å². The second-order valence-corrected chi connectivity index (χ2v) is 8.24. The van der Waals surface area contributed by atoms with Crippen molar-refractivity contribution in [1.29, 1.82) is 0 Å². The molecule has 1 aromatic carbocycles. The Balaban J connectivity index is 3.06. The van der Waals surface area contributed by atoms with E-state index in [-0.39, 0.29) is 6.07 Å². The summed E-state index contributed by atoms with van der Waals surface area (Å²) < 4.78 is 69.1. The van der Waals surface area contributed by atoms with Gasteiger partial charge in [0.1, 0.15) is 12.5 Å². The van der Waals surface area contributed by atoms with Crippen molar-refractivity contribution in [3.05, 3.63) is 35.1 Å². The van der Waals surface area contributed by atoms with Crippen LogP contribution in [0.3, 0.4) is 0 Å². The third kappa shape index (κ3) is 3.34. The Morgan fingerprint density at radius 3 is 2.17 bits per heavy atom. The van der Waals surface area contributed by atoms with Crippen LogP contribution in [0, 0.1) is 22.6 Å². The number of hydrogen-bond donors (Lipinski definition) is 3. The van der Waals surface area contributed by atoms with Gasteiger partial charge in [0, 0.05) is 12.0 Å². The van der Waals surface area contributed by atoms with Gasteiger partial charge in [-0.15, -0.1) is 0 Å². The number of rotatable bonds is 5. The van der Waals surface area contributed by atoms with Crippen LogP contribution in [0.25, 0.3) is 0 Å². The summed E-state index contributed by atoms with van der Waals surface area (Å²) >= 11 is 0. The van der Waals surface area contributed by atoms with Gasteiger partial charge in [-0.1, -0.05) is 19.9 Å². The summed E-state index contributed by atoms with van der Waals surface area (Å²) in [6.45, 7) is 4.07. The summed E-state index contributed by atoms with van der Waals surface area (Å²) in [5.74, 6) is -7.05. The highest BCUT2D eigenvalue weighted by atomic mass is 19.4. The first-order valence-corrected chi connectivity index (χ1v) is 9.32. The average Bonchev–Trinajstić information content (AvgIpc) is 2.61. The number of carboxylic acids is 2. The van der Waals surface area contributed by atoms with Crippen LogP contribution in [-0.2, 0) is 15.8 Å². The molecule has 1 aromatic rings. The summed E-state index contributed by atoms with van der Waals surface area (Å²) in [4.78, 5) is 24.9. The number of benzene rings is 1. The zero-order valence-corrected chi connectivity index (χ0v) is 16.8. The van der Waals surface area contributed by atoms with E-state index in [4.69, 9.17) is 0 Å². The number of piperidine rings is 1. The van der Waals surface area contributed by atoms with Crippen molar-refractivity contribution in [3.63, 3.8) is 0 Å². The lowest BCUT2D eigenvalue weighted by atomic mass is 9.48. The van der Waals surface area contributed by atoms with E-state index in [0.717, 1.165) is 19.1 Å². The zero-order chi connectivity index (χ0) is 23.2. The van der Waals surface area contributed by atoms with E-state index in [1.165, 1.54) is 20.8 Å². The topological polar surface area (TPSA) is 86.6 Å². The molecule has 5 atom stereocenters. The van der Waals surface area contributed by atoms with E-state index in [9.17, 15) is 41.8 Å². The Kier molecular flexibility index (Phi) is 6.24. The van der Waals surface area contributed by atoms with E-state index in [2.05, 4.69) is 5.32 Å². The summed E-state index contributed by atoms with van der Waals surface area (Å²) in [6, 6.07) is -0.859. The van der Waals surface area contributed by atoms with Gasteiger partial charge in [0.05, 0.1) is 22.4 Å². The molecule has 10 heteroatoms. The summed E-state index contributed by atoms with van der Waals surface area (Å²) in [7, 11) is 0. The number of hydrogen-bond acceptors (Lipinski definition) is 3. The fourth-order valence-corrected chi connectivity index (χ4v) is 5.03. The lowest BCUT2D eigenvalue weighted by Gasteiger charge is -2.58. The molecule has 1 fully saturated rings. The number of aliphatic carboxylic acids is 2. The van der Waals surface area contributed by atoms with Crippen LogP contribution in [0.1, 0.15) is 44.7 Å². The maximum Gasteiger partial charge on any atom is 0.416 e. The highest BCUT2D eigenvalue weighted by Crippen LogP contribution is 2.60. The summed E-state index contributed by atoms with van der Waals surface area (Å²) in [5, 5.41) is 22.9. The third-order valence-corrected chi connectivity index (χ3v) is 6.54. The van der Waals surface area contributed by atoms with E-state index < -0.39 is 76.5 Å². The molecule has 0 saturated carbocycles. The molecule has 0 bridgehead atoms. The molecule has 1 aliphatic rings. The molecule has 0 radical (unpaired) electrons. The van der Waals surface area contributed by atoms with Crippen molar-refractivity contribution >= 4 is 11.9 Å². The third-order valence-electron chi connectivity index (χ3n) is 6.54. The Morgan fingerprint density at radius 1 is 1.20 bits per heavy atom. The maximum absolute atomic E-state index is 13.9. The molecule has 0 amide bonds. The molecule has 1 saturated heterocycles. The van der Waals surface area contributed by atoms with Crippen LogP contribution in [0.15, 0.2) is 18.2 Å². The number of nitrogens with one attached hydrogen (secondary N) is 1. The van der Waals surface area contributed by atoms with Gasteiger partial charge >= 0.3 is 18.1 Å². The SMILES string of the molecule is CC(C)C1(C(=O)O)C(C)NC(CF)C(C)(C(=O)O)C1c1ccc(F)cc1C(F)(F)F. The fraction of sp³-hybridized carbons (Fsp3) is 0.600. The molecule has 168 valence electrons. The smallest absolute Gasteiger partial charge is 0.416 e. The molecule has 0 aromatic heterocycles. The van der Waals surface area contributed by atoms with Gasteiger partial charge in [-0.25, -0.2) is 8.78 Å². The molecule has 3 N–H and O–H groups in total. The van der Waals surface area contributed by atoms with Crippen molar-refractivity contribution in [2.24, 2.45) is 16.7 Å². The van der Waals surface area contributed by atoms with Crippen molar-refractivity contribution in [1.82, 2.24) is 5.32 Å². The minimum absolute atomic E-state index is 0.210. The van der Waals surface area contributed by atoms with Crippen molar-refractivity contribution in [3.8, 4) is 0 Å². The van der Waals surface area contributed by atoms with Crippen LogP contribution in [0.4, 0.5) is 22.0 Å². The molecular formula is C20H24F5NO4. The van der Waals surface area contributed by atoms with Gasteiger partial charge in [0.2, 0.25) is 0 Å². The minimum atomic E-state index is -5.09. The zero-order valence-electron chi connectivity index (χ0n) is 16.8. The first kappa shape index (κ1) is 24.0. The van der Waals surface area contributed by atoms with E-state index >= 15 is 0 Å². The van der Waals surface area contributed by atoms with E-state index in [1.54, 1.807) is 0 Å². The average molecular weight is 437 g/mol. The highest BCUT2D eigenvalue weighted by Gasteiger charge is 2.68. The van der Waals surface area contributed by atoms with Crippen molar-refractivity contribution in [2.45, 2.75) is 51.9 Å². The van der Waals surface area contributed by atoms with Gasteiger partial charge in [-0.05, 0) is 37.5 Å². The number of halogens is 5. The van der Waals surface area contributed by atoms with Crippen molar-refractivity contribution in [2.75, 3.05) is 6.67 Å². The highest BCUT2D eigenvalue weighted by molar-refractivity contribution is 5.84. The molecule has 5 nitrogen and oxygen atoms in total. The molecule has 5 unspecified atom stereocenters. The second kappa shape index (κ2) is 7.79. The Hall–Kier alpha value is -2.23. The second-order valence-electron chi connectivity index (χ2n) is 8.24. The predicted octanol–water partition coefficient (Wildman–Crippen LogP) is 4.08. The van der Waals surface area contributed by atoms with Crippen LogP contribution >= 0.6 is 0 Å². The van der Waals surface area contributed by atoms with Gasteiger partial charge < -0.3 is 15.5 Å². The fourth-order valence-electron chi connectivity index (χ4n) is 5.03. The Morgan fingerprint density at radius 2 is 1.77 bits per heavy atom. The molecule has 1 aliphatic heterocycles. The van der Waals surface area contributed by atoms with Crippen LogP contribution in [-0.4, -0.2) is 40.9 Å². The van der Waals surface area contributed by atoms with Gasteiger partial charge in [0.15, 0.2) is 0 Å². The maximum atomic E-state index is 13.9. The van der Waals surface area contributed by atoms with Gasteiger partial charge in [-0.2, -0.15) is 13.2 Å². The quantitative estimate of drug-likeness (QED) is 0.605. The lowest BCUT2D eigenvalue weighted by Crippen LogP contribution is -2.71. The predicted molar refractivity (Wildman–Crippen MR) is 97.2 cm³/mol. The summed E-state index contributed by atoms with van der Waals surface area (Å²) in [6.07, 6.45) is -5.09. The number of carboxylic acid groups (broad SMARTS) is 2. The molecule has 2 rings (SSSR count). The lowest BCUT2D eigenvalue weighted by molar-refractivity contribution is -0.178. The first-order valence-electron chi connectivity index (χ1n) is 9.32. The molecule has 30 heavy (non-hydrogen) atoms. The van der Waals surface area contributed by atoms with Crippen molar-refractivity contribution < 1.29 is 41.8 Å². The molecule has 0 aliphatic carbocycles. The largest absolute Gasteiger partial charge is 0.481 e. The van der Waals surface area contributed by atoms with Crippen LogP contribution < -0.4 is 5.32 Å². The van der Waals surface area contributed by atoms with E-state index in [1.807, 2.05) is 0 Å². The monoisotopic (exact) mass is 437 g/mol.